The number of para-hydroxylation sites is 1. The number of likely N-dealkylation sites (tertiary alicyclic amines) is 1. The first-order chi connectivity index (χ1) is 17.0. The molecule has 35 heavy (non-hydrogen) atoms. The van der Waals surface area contributed by atoms with Crippen molar-refractivity contribution in [2.24, 2.45) is 17.8 Å². The van der Waals surface area contributed by atoms with Gasteiger partial charge in [-0.05, 0) is 50.3 Å². The van der Waals surface area contributed by atoms with Crippen LogP contribution < -0.4 is 26.4 Å². The maximum atomic E-state index is 6.45. The number of ether oxygens (including phenoxy) is 1. The van der Waals surface area contributed by atoms with Crippen molar-refractivity contribution >= 4 is 33.7 Å². The highest BCUT2D eigenvalue weighted by Gasteiger charge is 2.15. The third-order valence-electron chi connectivity index (χ3n) is 6.66. The predicted molar refractivity (Wildman–Crippen MR) is 148 cm³/mol. The highest BCUT2D eigenvalue weighted by atomic mass is 16.5. The number of likely N-dealkylation sites (N-methyl/N-ethyl adjacent to an activating group) is 1. The lowest BCUT2D eigenvalue weighted by molar-refractivity contribution is 0.346. The molecule has 0 spiro atoms. The monoisotopic (exact) mass is 475 g/mol. The average molecular weight is 476 g/mol. The summed E-state index contributed by atoms with van der Waals surface area (Å²) in [6.07, 6.45) is 8.02. The van der Waals surface area contributed by atoms with Gasteiger partial charge in [0.1, 0.15) is 12.4 Å². The van der Waals surface area contributed by atoms with Crippen LogP contribution in [0.15, 0.2) is 59.9 Å². The largest absolute Gasteiger partial charge is 0.495 e. The van der Waals surface area contributed by atoms with Gasteiger partial charge < -0.3 is 35.9 Å². The van der Waals surface area contributed by atoms with Gasteiger partial charge in [0.15, 0.2) is 0 Å². The number of nitrogen functional groups attached to an aromatic ring is 1. The highest BCUT2D eigenvalue weighted by Crippen LogP contribution is 2.35. The number of aromatic nitrogens is 1. The smallest absolute Gasteiger partial charge is 0.144 e. The maximum absolute atomic E-state index is 6.45. The van der Waals surface area contributed by atoms with Crippen LogP contribution in [0.5, 0.6) is 5.75 Å². The Bertz CT molecular complexity index is 1210. The molecule has 1 aliphatic heterocycles. The molecule has 2 heterocycles. The molecule has 1 fully saturated rings. The molecule has 0 bridgehead atoms. The summed E-state index contributed by atoms with van der Waals surface area (Å²) < 4.78 is 7.78. The zero-order valence-electron chi connectivity index (χ0n) is 21.0. The lowest BCUT2D eigenvalue weighted by Gasteiger charge is -2.25. The topological polar surface area (TPSA) is 97.1 Å². The third kappa shape index (κ3) is 5.54. The van der Waals surface area contributed by atoms with Crippen LogP contribution in [0.3, 0.4) is 0 Å². The zero-order chi connectivity index (χ0) is 24.8. The lowest BCUT2D eigenvalue weighted by Crippen LogP contribution is -2.31. The lowest BCUT2D eigenvalue weighted by atomic mass is 10.1. The van der Waals surface area contributed by atoms with E-state index in [-0.39, 0.29) is 0 Å². The molecule has 186 valence electrons. The van der Waals surface area contributed by atoms with E-state index in [1.807, 2.05) is 37.4 Å². The number of rotatable bonds is 10. The van der Waals surface area contributed by atoms with Crippen molar-refractivity contribution in [1.82, 2.24) is 9.47 Å². The Morgan fingerprint density at radius 1 is 1.23 bits per heavy atom. The van der Waals surface area contributed by atoms with Crippen molar-refractivity contribution in [3.63, 3.8) is 0 Å². The number of allylic oxidation sites excluding steroid dienone is 1. The maximum Gasteiger partial charge on any atom is 0.144 e. The summed E-state index contributed by atoms with van der Waals surface area (Å²) in [5.41, 5.74) is 17.7. The number of nitrogens with one attached hydrogen (secondary N) is 1. The molecule has 0 amide bonds. The van der Waals surface area contributed by atoms with Crippen molar-refractivity contribution in [1.29, 1.82) is 0 Å². The summed E-state index contributed by atoms with van der Waals surface area (Å²) in [7, 11) is 5.78. The standard InChI is InChI=1S/C27H37N7O/c1-32(14-15-34-12-6-7-13-34)26-17-27(35-3)24(16-22(26)29)31-19-30-23(10-11-28)21-18-33(2)25-9-5-4-8-20(21)25/h4-5,8-11,16-18,31H,6-7,12-15,19,28-29H2,1-3H3/b11-10-,30-23+. The van der Waals surface area contributed by atoms with Crippen molar-refractivity contribution in [2.75, 3.05) is 63.0 Å². The fourth-order valence-electron chi connectivity index (χ4n) is 4.72. The van der Waals surface area contributed by atoms with E-state index >= 15 is 0 Å². The van der Waals surface area contributed by atoms with Gasteiger partial charge in [-0.15, -0.1) is 0 Å². The second-order valence-electron chi connectivity index (χ2n) is 8.99. The molecular weight excluding hydrogens is 438 g/mol. The van der Waals surface area contributed by atoms with Crippen LogP contribution >= 0.6 is 0 Å². The molecule has 0 saturated carbocycles. The second-order valence-corrected chi connectivity index (χ2v) is 8.99. The van der Waals surface area contributed by atoms with Crippen LogP contribution in [0.1, 0.15) is 18.4 Å². The fraction of sp³-hybridized carbons (Fsp3) is 0.370. The Morgan fingerprint density at radius 2 is 2.00 bits per heavy atom. The van der Waals surface area contributed by atoms with Crippen LogP contribution in [-0.2, 0) is 7.05 Å². The molecule has 8 heteroatoms. The third-order valence-corrected chi connectivity index (χ3v) is 6.66. The van der Waals surface area contributed by atoms with Crippen LogP contribution in [0, 0.1) is 0 Å². The Balaban J connectivity index is 1.50. The SMILES string of the molecule is COc1cc(N(C)CCN2CCCC2)c(N)cc1NC/N=C(\C=C/N)c1cn(C)c2ccccc12. The van der Waals surface area contributed by atoms with E-state index < -0.39 is 0 Å². The molecule has 1 aromatic heterocycles. The summed E-state index contributed by atoms with van der Waals surface area (Å²) in [5, 5.41) is 4.49. The van der Waals surface area contributed by atoms with E-state index in [1.54, 1.807) is 7.11 Å². The Kier molecular flexibility index (Phi) is 7.82. The number of nitrogens with two attached hydrogens (primary N) is 2. The minimum absolute atomic E-state index is 0.350. The van der Waals surface area contributed by atoms with Crippen LogP contribution in [0.4, 0.5) is 17.1 Å². The first-order valence-electron chi connectivity index (χ1n) is 12.1. The number of fused-ring (bicyclic) bond motifs is 1. The molecule has 4 rings (SSSR count). The zero-order valence-corrected chi connectivity index (χ0v) is 21.0. The fourth-order valence-corrected chi connectivity index (χ4v) is 4.72. The second kappa shape index (κ2) is 11.2. The Labute approximate surface area is 207 Å². The van der Waals surface area contributed by atoms with Gasteiger partial charge >= 0.3 is 0 Å². The Morgan fingerprint density at radius 3 is 2.74 bits per heavy atom. The van der Waals surface area contributed by atoms with E-state index in [1.165, 1.54) is 32.1 Å². The molecule has 0 unspecified atom stereocenters. The van der Waals surface area contributed by atoms with Gasteiger partial charge in [0.25, 0.3) is 0 Å². The number of benzene rings is 2. The van der Waals surface area contributed by atoms with E-state index in [9.17, 15) is 0 Å². The molecule has 3 aromatic rings. The van der Waals surface area contributed by atoms with Gasteiger partial charge in [-0.3, -0.25) is 4.99 Å². The molecule has 8 nitrogen and oxygen atoms in total. The van der Waals surface area contributed by atoms with Gasteiger partial charge in [-0.25, -0.2) is 0 Å². The van der Waals surface area contributed by atoms with Crippen LogP contribution in [-0.4, -0.2) is 62.2 Å². The van der Waals surface area contributed by atoms with E-state index in [0.717, 1.165) is 52.4 Å². The number of anilines is 3. The molecule has 1 saturated heterocycles. The molecule has 1 aliphatic rings. The van der Waals surface area contributed by atoms with Crippen molar-refractivity contribution in [3.8, 4) is 5.75 Å². The quantitative estimate of drug-likeness (QED) is 0.306. The number of hydrogen-bond acceptors (Lipinski definition) is 7. The summed E-state index contributed by atoms with van der Waals surface area (Å²) in [6.45, 7) is 4.69. The summed E-state index contributed by atoms with van der Waals surface area (Å²) in [5.74, 6) is 0.735. The highest BCUT2D eigenvalue weighted by molar-refractivity contribution is 6.16. The predicted octanol–water partition coefficient (Wildman–Crippen LogP) is 3.63. The number of nitrogens with zero attached hydrogens (tertiary/aromatic N) is 4. The minimum atomic E-state index is 0.350. The number of aliphatic imine (C=N–C) groups is 1. The van der Waals surface area contributed by atoms with Crippen molar-refractivity contribution in [2.45, 2.75) is 12.8 Å². The first kappa shape index (κ1) is 24.5. The average Bonchev–Trinajstić information content (AvgIpc) is 3.50. The van der Waals surface area contributed by atoms with Crippen molar-refractivity contribution < 1.29 is 4.74 Å². The molecule has 0 atom stereocenters. The van der Waals surface area contributed by atoms with Gasteiger partial charge in [0, 0.05) is 55.9 Å². The number of methoxy groups -OCH3 is 1. The van der Waals surface area contributed by atoms with E-state index in [0.29, 0.717) is 12.4 Å². The van der Waals surface area contributed by atoms with Gasteiger partial charge in [0.2, 0.25) is 0 Å². The number of hydrogen-bond donors (Lipinski definition) is 3. The van der Waals surface area contributed by atoms with Gasteiger partial charge in [0.05, 0.1) is 29.9 Å². The van der Waals surface area contributed by atoms with Crippen LogP contribution in [0.25, 0.3) is 10.9 Å². The molecular formula is C27H37N7O. The number of aryl methyl sites for hydroxylation is 1. The van der Waals surface area contributed by atoms with Crippen LogP contribution in [0.2, 0.25) is 0 Å². The van der Waals surface area contributed by atoms with Crippen molar-refractivity contribution in [3.05, 3.63) is 60.4 Å². The normalized spacial score (nSPS) is 14.8. The van der Waals surface area contributed by atoms with Gasteiger partial charge in [-0.1, -0.05) is 18.2 Å². The van der Waals surface area contributed by atoms with E-state index in [2.05, 4.69) is 45.1 Å². The van der Waals surface area contributed by atoms with Gasteiger partial charge in [-0.2, -0.15) is 0 Å². The Hall–Kier alpha value is -3.65. The summed E-state index contributed by atoms with van der Waals surface area (Å²) >= 11 is 0. The summed E-state index contributed by atoms with van der Waals surface area (Å²) in [4.78, 5) is 9.49. The molecule has 0 aliphatic carbocycles. The van der Waals surface area contributed by atoms with E-state index in [4.69, 9.17) is 21.2 Å². The first-order valence-corrected chi connectivity index (χ1v) is 12.1. The summed E-state index contributed by atoms with van der Waals surface area (Å²) in [6, 6.07) is 12.2. The minimum Gasteiger partial charge on any atom is -0.495 e. The molecule has 5 N–H and O–H groups in total. The molecule has 0 radical (unpaired) electrons. The molecule has 2 aromatic carbocycles.